The maximum atomic E-state index is 11.5. The largest absolute Gasteiger partial charge is 0.476 e. The zero-order valence-electron chi connectivity index (χ0n) is 9.73. The van der Waals surface area contributed by atoms with Gasteiger partial charge in [-0.3, -0.25) is 4.68 Å². The lowest BCUT2D eigenvalue weighted by Crippen LogP contribution is -2.41. The van der Waals surface area contributed by atoms with Crippen molar-refractivity contribution in [3.8, 4) is 0 Å². The molecule has 17 heavy (non-hydrogen) atoms. The first kappa shape index (κ1) is 11.4. The molecule has 0 unspecified atom stereocenters. The third-order valence-electron chi connectivity index (χ3n) is 2.95. The lowest BCUT2D eigenvalue weighted by Gasteiger charge is -2.26. The highest BCUT2D eigenvalue weighted by molar-refractivity contribution is 5.87. The smallest absolute Gasteiger partial charge is 0.356 e. The molecule has 2 N–H and O–H groups in total. The third-order valence-corrected chi connectivity index (χ3v) is 2.95. The number of aromatic nitrogens is 2. The van der Waals surface area contributed by atoms with Gasteiger partial charge in [-0.1, -0.05) is 0 Å². The summed E-state index contributed by atoms with van der Waals surface area (Å²) in [6.07, 6.45) is 0.625. The van der Waals surface area contributed by atoms with Crippen LogP contribution in [0, 0.1) is 0 Å². The van der Waals surface area contributed by atoms with Crippen molar-refractivity contribution in [3.05, 3.63) is 17.0 Å². The van der Waals surface area contributed by atoms with Gasteiger partial charge >= 0.3 is 12.0 Å². The molecule has 0 aromatic carbocycles. The van der Waals surface area contributed by atoms with Crippen molar-refractivity contribution in [1.82, 2.24) is 20.0 Å². The lowest BCUT2D eigenvalue weighted by molar-refractivity contribution is 0.0687. The number of hydrogen-bond donors (Lipinski definition) is 2. The predicted molar refractivity (Wildman–Crippen MR) is 58.7 cm³/mol. The molecule has 0 bridgehead atoms. The number of rotatable bonds is 1. The number of carbonyl (C=O) groups is 2. The molecule has 1 aliphatic rings. The van der Waals surface area contributed by atoms with E-state index in [0.29, 0.717) is 25.1 Å². The zero-order valence-corrected chi connectivity index (χ0v) is 9.73. The van der Waals surface area contributed by atoms with Crippen LogP contribution in [0.15, 0.2) is 0 Å². The maximum Gasteiger partial charge on any atom is 0.356 e. The van der Waals surface area contributed by atoms with E-state index in [9.17, 15) is 9.59 Å². The molecule has 92 valence electrons. The summed E-state index contributed by atoms with van der Waals surface area (Å²) in [5.41, 5.74) is 1.56. The molecule has 0 spiro atoms. The second-order valence-corrected chi connectivity index (χ2v) is 3.93. The molecule has 2 rings (SSSR count). The molecule has 0 fully saturated rings. The quantitative estimate of drug-likeness (QED) is 0.710. The van der Waals surface area contributed by atoms with Gasteiger partial charge in [0.15, 0.2) is 5.69 Å². The molecule has 2 amide bonds. The molecular weight excluding hydrogens is 224 g/mol. The number of aryl methyl sites for hydroxylation is 1. The number of hydrogen-bond acceptors (Lipinski definition) is 3. The first-order valence-corrected chi connectivity index (χ1v) is 5.29. The summed E-state index contributed by atoms with van der Waals surface area (Å²) in [6.45, 7) is 0.871. The number of amides is 2. The molecule has 0 radical (unpaired) electrons. The van der Waals surface area contributed by atoms with Crippen molar-refractivity contribution < 1.29 is 14.7 Å². The van der Waals surface area contributed by atoms with Gasteiger partial charge in [0.1, 0.15) is 0 Å². The van der Waals surface area contributed by atoms with E-state index in [1.807, 2.05) is 0 Å². The number of nitrogens with one attached hydrogen (secondary N) is 1. The van der Waals surface area contributed by atoms with Gasteiger partial charge in [0.25, 0.3) is 0 Å². The van der Waals surface area contributed by atoms with Crippen molar-refractivity contribution in [1.29, 1.82) is 0 Å². The van der Waals surface area contributed by atoms with Crippen LogP contribution >= 0.6 is 0 Å². The number of fused-ring (bicyclic) bond motifs is 1. The minimum atomic E-state index is -1.05. The summed E-state index contributed by atoms with van der Waals surface area (Å²) in [5, 5.41) is 15.5. The van der Waals surface area contributed by atoms with Crippen LogP contribution in [0.3, 0.4) is 0 Å². The topological polar surface area (TPSA) is 87.5 Å². The van der Waals surface area contributed by atoms with E-state index in [0.717, 1.165) is 5.69 Å². The molecule has 1 aromatic heterocycles. The zero-order chi connectivity index (χ0) is 12.6. The van der Waals surface area contributed by atoms with Gasteiger partial charge in [-0.15, -0.1) is 0 Å². The average Bonchev–Trinajstić information content (AvgIpc) is 2.65. The monoisotopic (exact) mass is 238 g/mol. The Morgan fingerprint density at radius 2 is 2.18 bits per heavy atom. The van der Waals surface area contributed by atoms with Gasteiger partial charge in [0.05, 0.1) is 6.54 Å². The molecule has 0 atom stereocenters. The Kier molecular flexibility index (Phi) is 2.74. The molecule has 0 saturated heterocycles. The Morgan fingerprint density at radius 1 is 1.47 bits per heavy atom. The van der Waals surface area contributed by atoms with E-state index >= 15 is 0 Å². The predicted octanol–water partition coefficient (Wildman–Crippen LogP) is -0.184. The summed E-state index contributed by atoms with van der Waals surface area (Å²) < 4.78 is 1.58. The van der Waals surface area contributed by atoms with E-state index in [1.54, 1.807) is 23.7 Å². The fourth-order valence-electron chi connectivity index (χ4n) is 2.10. The number of carbonyl (C=O) groups excluding carboxylic acids is 1. The number of carboxylic acids is 1. The first-order chi connectivity index (χ1) is 8.04. The van der Waals surface area contributed by atoms with Crippen molar-refractivity contribution in [2.24, 2.45) is 7.05 Å². The molecule has 1 aromatic rings. The lowest BCUT2D eigenvalue weighted by atomic mass is 10.1. The van der Waals surface area contributed by atoms with Gasteiger partial charge in [-0.25, -0.2) is 9.59 Å². The molecule has 0 aliphatic carbocycles. The standard InChI is InChI=1S/C10H14N4O3/c1-11-10(17)14-4-3-7-6(5-14)8(9(15)16)12-13(7)2/h3-5H2,1-2H3,(H,11,17)(H,15,16). The Morgan fingerprint density at radius 3 is 2.76 bits per heavy atom. The minimum Gasteiger partial charge on any atom is -0.476 e. The maximum absolute atomic E-state index is 11.5. The summed E-state index contributed by atoms with van der Waals surface area (Å²) in [7, 11) is 3.28. The van der Waals surface area contributed by atoms with Crippen LogP contribution < -0.4 is 5.32 Å². The van der Waals surface area contributed by atoms with Crippen molar-refractivity contribution in [2.45, 2.75) is 13.0 Å². The molecule has 7 nitrogen and oxygen atoms in total. The fraction of sp³-hybridized carbons (Fsp3) is 0.500. The first-order valence-electron chi connectivity index (χ1n) is 5.29. The fourth-order valence-corrected chi connectivity index (χ4v) is 2.10. The van der Waals surface area contributed by atoms with Crippen molar-refractivity contribution in [3.63, 3.8) is 0 Å². The minimum absolute atomic E-state index is 0.0381. The van der Waals surface area contributed by atoms with Crippen molar-refractivity contribution in [2.75, 3.05) is 13.6 Å². The Labute approximate surface area is 98.0 Å². The summed E-state index contributed by atoms with van der Waals surface area (Å²) in [6, 6.07) is -0.198. The second kappa shape index (κ2) is 4.08. The summed E-state index contributed by atoms with van der Waals surface area (Å²) >= 11 is 0. The Bertz CT molecular complexity index is 480. The second-order valence-electron chi connectivity index (χ2n) is 3.93. The van der Waals surface area contributed by atoms with Crippen molar-refractivity contribution >= 4 is 12.0 Å². The third kappa shape index (κ3) is 1.83. The molecular formula is C10H14N4O3. The van der Waals surface area contributed by atoms with Gasteiger partial charge in [0, 0.05) is 38.3 Å². The van der Waals surface area contributed by atoms with E-state index in [4.69, 9.17) is 5.11 Å². The summed E-state index contributed by atoms with van der Waals surface area (Å²) in [5.74, 6) is -1.05. The highest BCUT2D eigenvalue weighted by Crippen LogP contribution is 2.22. The van der Waals surface area contributed by atoms with Crippen LogP contribution in [0.5, 0.6) is 0 Å². The Balaban J connectivity index is 2.36. The van der Waals surface area contributed by atoms with Gasteiger partial charge < -0.3 is 15.3 Å². The molecule has 0 saturated carbocycles. The summed E-state index contributed by atoms with van der Waals surface area (Å²) in [4.78, 5) is 24.1. The molecule has 2 heterocycles. The molecule has 1 aliphatic heterocycles. The van der Waals surface area contributed by atoms with Gasteiger partial charge in [0.2, 0.25) is 0 Å². The van der Waals surface area contributed by atoms with Crippen LogP contribution in [0.2, 0.25) is 0 Å². The highest BCUT2D eigenvalue weighted by atomic mass is 16.4. The number of nitrogens with zero attached hydrogens (tertiary/aromatic N) is 3. The van der Waals surface area contributed by atoms with E-state index in [-0.39, 0.29) is 11.7 Å². The Hall–Kier alpha value is -2.05. The number of aromatic carboxylic acids is 1. The van der Waals surface area contributed by atoms with Crippen LogP contribution in [-0.2, 0) is 20.0 Å². The average molecular weight is 238 g/mol. The van der Waals surface area contributed by atoms with Gasteiger partial charge in [-0.2, -0.15) is 5.10 Å². The van der Waals surface area contributed by atoms with Crippen LogP contribution in [0.25, 0.3) is 0 Å². The van der Waals surface area contributed by atoms with E-state index in [2.05, 4.69) is 10.4 Å². The van der Waals surface area contributed by atoms with Crippen LogP contribution in [0.4, 0.5) is 4.79 Å². The van der Waals surface area contributed by atoms with E-state index < -0.39 is 5.97 Å². The van der Waals surface area contributed by atoms with Crippen LogP contribution in [0.1, 0.15) is 21.7 Å². The van der Waals surface area contributed by atoms with Gasteiger partial charge in [-0.05, 0) is 0 Å². The van der Waals surface area contributed by atoms with E-state index in [1.165, 1.54) is 0 Å². The highest BCUT2D eigenvalue weighted by Gasteiger charge is 2.28. The SMILES string of the molecule is CNC(=O)N1CCc2c(c(C(=O)O)nn2C)C1. The number of urea groups is 1. The molecule has 7 heteroatoms. The normalized spacial score (nSPS) is 14.4. The number of carboxylic acid groups (broad SMARTS) is 1. The van der Waals surface area contributed by atoms with Crippen LogP contribution in [-0.4, -0.2) is 45.4 Å².